The van der Waals surface area contributed by atoms with Crippen molar-refractivity contribution in [3.8, 4) is 0 Å². The second-order valence-corrected chi connectivity index (χ2v) is 5.11. The Bertz CT molecular complexity index is 597. The van der Waals surface area contributed by atoms with Crippen LogP contribution < -0.4 is 10.0 Å². The van der Waals surface area contributed by atoms with Crippen molar-refractivity contribution in [3.05, 3.63) is 54.4 Å². The maximum absolute atomic E-state index is 4.66. The molecule has 4 nitrogen and oxygen atoms in total. The first kappa shape index (κ1) is 12.0. The van der Waals surface area contributed by atoms with Crippen LogP contribution >= 0.6 is 11.9 Å². The first-order valence-corrected chi connectivity index (χ1v) is 6.91. The zero-order chi connectivity index (χ0) is 13.1. The Hall–Kier alpha value is -2.01. The number of benzene rings is 1. The zero-order valence-corrected chi connectivity index (χ0v) is 11.3. The Kier molecular flexibility index (Phi) is 3.37. The minimum atomic E-state index is 0.111. The van der Waals surface area contributed by atoms with E-state index in [-0.39, 0.29) is 6.04 Å². The van der Waals surface area contributed by atoms with Crippen molar-refractivity contribution < 1.29 is 0 Å². The Morgan fingerprint density at radius 1 is 1.21 bits per heavy atom. The third kappa shape index (κ3) is 2.71. The summed E-state index contributed by atoms with van der Waals surface area (Å²) in [7, 11) is 0. The highest BCUT2D eigenvalue weighted by Gasteiger charge is 2.14. The first-order chi connectivity index (χ1) is 9.33. The van der Waals surface area contributed by atoms with Crippen molar-refractivity contribution in [2.45, 2.75) is 17.9 Å². The highest BCUT2D eigenvalue weighted by molar-refractivity contribution is 7.98. The van der Waals surface area contributed by atoms with E-state index < -0.39 is 0 Å². The summed E-state index contributed by atoms with van der Waals surface area (Å²) in [5.41, 5.74) is 2.24. The monoisotopic (exact) mass is 270 g/mol. The molecular formula is C14H14N4S. The van der Waals surface area contributed by atoms with Gasteiger partial charge in [0.2, 0.25) is 5.96 Å². The van der Waals surface area contributed by atoms with Crippen molar-refractivity contribution in [2.75, 3.05) is 5.32 Å². The van der Waals surface area contributed by atoms with E-state index >= 15 is 0 Å². The molecule has 3 rings (SSSR count). The molecule has 19 heavy (non-hydrogen) atoms. The summed E-state index contributed by atoms with van der Waals surface area (Å²) in [5.74, 6) is 0.778. The van der Waals surface area contributed by atoms with E-state index in [1.807, 2.05) is 30.5 Å². The molecule has 0 bridgehead atoms. The largest absolute Gasteiger partial charge is 0.324 e. The van der Waals surface area contributed by atoms with E-state index in [0.29, 0.717) is 0 Å². The van der Waals surface area contributed by atoms with Crippen LogP contribution in [0.4, 0.5) is 5.69 Å². The summed E-state index contributed by atoms with van der Waals surface area (Å²) in [5, 5.41) is 3.28. The van der Waals surface area contributed by atoms with Crippen LogP contribution in [-0.2, 0) is 0 Å². The first-order valence-electron chi connectivity index (χ1n) is 6.09. The third-order valence-corrected chi connectivity index (χ3v) is 3.74. The van der Waals surface area contributed by atoms with Gasteiger partial charge in [0.05, 0.1) is 16.6 Å². The highest BCUT2D eigenvalue weighted by atomic mass is 32.2. The van der Waals surface area contributed by atoms with Gasteiger partial charge in [-0.25, -0.2) is 4.99 Å². The SMILES string of the molecule is C[C@H](N=C1NSc2cnccc2N1)c1ccccc1. The van der Waals surface area contributed by atoms with Crippen LogP contribution in [0.25, 0.3) is 0 Å². The second-order valence-electron chi connectivity index (χ2n) is 4.27. The number of aliphatic imine (C=N–C) groups is 1. The number of nitrogens with zero attached hydrogens (tertiary/aromatic N) is 2. The molecule has 2 aromatic rings. The number of pyridine rings is 1. The molecule has 0 amide bonds. The van der Waals surface area contributed by atoms with Gasteiger partial charge in [0.25, 0.3) is 0 Å². The third-order valence-electron chi connectivity index (χ3n) is 2.90. The fraction of sp³-hybridized carbons (Fsp3) is 0.143. The van der Waals surface area contributed by atoms with Gasteiger partial charge in [0.1, 0.15) is 0 Å². The molecule has 0 radical (unpaired) electrons. The van der Waals surface area contributed by atoms with Crippen LogP contribution in [0, 0.1) is 0 Å². The molecule has 1 aliphatic rings. The van der Waals surface area contributed by atoms with Gasteiger partial charge in [-0.2, -0.15) is 0 Å². The lowest BCUT2D eigenvalue weighted by Crippen LogP contribution is -2.29. The van der Waals surface area contributed by atoms with Crippen molar-refractivity contribution in [1.29, 1.82) is 0 Å². The van der Waals surface area contributed by atoms with Gasteiger partial charge in [0, 0.05) is 12.4 Å². The summed E-state index contributed by atoms with van der Waals surface area (Å²) >= 11 is 1.53. The molecule has 0 saturated carbocycles. The molecule has 2 heterocycles. The Labute approximate surface area is 116 Å². The van der Waals surface area contributed by atoms with E-state index in [0.717, 1.165) is 16.5 Å². The number of hydrogen-bond acceptors (Lipinski definition) is 3. The average molecular weight is 270 g/mol. The number of anilines is 1. The fourth-order valence-corrected chi connectivity index (χ4v) is 2.53. The summed E-state index contributed by atoms with van der Waals surface area (Å²) in [4.78, 5) is 9.83. The van der Waals surface area contributed by atoms with E-state index in [2.05, 4.69) is 39.1 Å². The summed E-state index contributed by atoms with van der Waals surface area (Å²) in [6, 6.07) is 12.3. The lowest BCUT2D eigenvalue weighted by atomic mass is 10.1. The molecule has 96 valence electrons. The molecular weight excluding hydrogens is 256 g/mol. The zero-order valence-electron chi connectivity index (χ0n) is 10.5. The van der Waals surface area contributed by atoms with Crippen molar-refractivity contribution in [1.82, 2.24) is 9.71 Å². The van der Waals surface area contributed by atoms with E-state index in [9.17, 15) is 0 Å². The van der Waals surface area contributed by atoms with Crippen LogP contribution in [0.3, 0.4) is 0 Å². The van der Waals surface area contributed by atoms with E-state index in [4.69, 9.17) is 0 Å². The van der Waals surface area contributed by atoms with Crippen LogP contribution in [0.5, 0.6) is 0 Å². The lowest BCUT2D eigenvalue weighted by Gasteiger charge is -2.21. The predicted octanol–water partition coefficient (Wildman–Crippen LogP) is 3.22. The van der Waals surface area contributed by atoms with E-state index in [1.165, 1.54) is 17.5 Å². The van der Waals surface area contributed by atoms with Gasteiger partial charge in [-0.1, -0.05) is 30.3 Å². The molecule has 0 saturated heterocycles. The second kappa shape index (κ2) is 5.32. The van der Waals surface area contributed by atoms with Gasteiger partial charge < -0.3 is 5.32 Å². The number of guanidine groups is 1. The summed E-state index contributed by atoms with van der Waals surface area (Å²) < 4.78 is 3.19. The van der Waals surface area contributed by atoms with Crippen LogP contribution in [-0.4, -0.2) is 10.9 Å². The van der Waals surface area contributed by atoms with E-state index in [1.54, 1.807) is 6.20 Å². The molecule has 1 aliphatic heterocycles. The number of hydrogen-bond donors (Lipinski definition) is 2. The average Bonchev–Trinajstić information content (AvgIpc) is 2.48. The maximum Gasteiger partial charge on any atom is 0.206 e. The number of aromatic nitrogens is 1. The van der Waals surface area contributed by atoms with Crippen molar-refractivity contribution in [3.63, 3.8) is 0 Å². The van der Waals surface area contributed by atoms with Crippen LogP contribution in [0.15, 0.2) is 58.7 Å². The molecule has 0 aliphatic carbocycles. The molecule has 1 atom stereocenters. The molecule has 5 heteroatoms. The Balaban J connectivity index is 1.79. The molecule has 2 N–H and O–H groups in total. The fourth-order valence-electron chi connectivity index (χ4n) is 1.88. The number of fused-ring (bicyclic) bond motifs is 1. The minimum Gasteiger partial charge on any atom is -0.324 e. The lowest BCUT2D eigenvalue weighted by molar-refractivity contribution is 0.815. The molecule has 0 spiro atoms. The number of nitrogens with one attached hydrogen (secondary N) is 2. The molecule has 1 aromatic carbocycles. The topological polar surface area (TPSA) is 49.3 Å². The van der Waals surface area contributed by atoms with Crippen LogP contribution in [0.2, 0.25) is 0 Å². The van der Waals surface area contributed by atoms with Crippen molar-refractivity contribution in [2.24, 2.45) is 4.99 Å². The Morgan fingerprint density at radius 3 is 2.89 bits per heavy atom. The standard InChI is InChI=1S/C14H14N4S/c1-10(11-5-3-2-4-6-11)16-14-17-12-7-8-15-9-13(12)19-18-14/h2-10H,1H3,(H2,16,17,18)/t10-/m0/s1. The smallest absolute Gasteiger partial charge is 0.206 e. The summed E-state index contributed by atoms with van der Waals surface area (Å²) in [6.45, 7) is 2.08. The molecule has 0 unspecified atom stereocenters. The van der Waals surface area contributed by atoms with Crippen molar-refractivity contribution >= 4 is 23.6 Å². The van der Waals surface area contributed by atoms with Crippen LogP contribution in [0.1, 0.15) is 18.5 Å². The normalized spacial score (nSPS) is 17.2. The summed E-state index contributed by atoms with van der Waals surface area (Å²) in [6.07, 6.45) is 3.60. The highest BCUT2D eigenvalue weighted by Crippen LogP contribution is 2.28. The number of rotatable bonds is 2. The van der Waals surface area contributed by atoms with Gasteiger partial charge in [0.15, 0.2) is 0 Å². The maximum atomic E-state index is 4.66. The Morgan fingerprint density at radius 2 is 2.05 bits per heavy atom. The quantitative estimate of drug-likeness (QED) is 0.823. The predicted molar refractivity (Wildman–Crippen MR) is 79.1 cm³/mol. The van der Waals surface area contributed by atoms with Gasteiger partial charge in [-0.3, -0.25) is 9.71 Å². The molecule has 1 aromatic heterocycles. The minimum absolute atomic E-state index is 0.111. The van der Waals surface area contributed by atoms with Gasteiger partial charge in [-0.05, 0) is 30.5 Å². The van der Waals surface area contributed by atoms with Gasteiger partial charge in [-0.15, -0.1) is 0 Å². The van der Waals surface area contributed by atoms with Gasteiger partial charge >= 0.3 is 0 Å². The molecule has 0 fully saturated rings.